The lowest BCUT2D eigenvalue weighted by Crippen LogP contribution is -2.54. The van der Waals surface area contributed by atoms with Crippen LogP contribution in [-0.2, 0) is 9.53 Å². The van der Waals surface area contributed by atoms with Crippen molar-refractivity contribution in [2.24, 2.45) is 0 Å². The van der Waals surface area contributed by atoms with E-state index in [0.717, 1.165) is 6.54 Å². The fourth-order valence-corrected chi connectivity index (χ4v) is 3.72. The highest BCUT2D eigenvalue weighted by atomic mass is 16.5. The molecular formula is C15H29N3O2. The molecule has 0 spiro atoms. The van der Waals surface area contributed by atoms with Crippen molar-refractivity contribution in [2.45, 2.75) is 63.7 Å². The third kappa shape index (κ3) is 3.71. The molecule has 2 fully saturated rings. The molecule has 116 valence electrons. The molecule has 0 aromatic carbocycles. The average molecular weight is 283 g/mol. The number of amides is 1. The molecule has 2 bridgehead atoms. The van der Waals surface area contributed by atoms with Crippen LogP contribution >= 0.6 is 0 Å². The molecule has 20 heavy (non-hydrogen) atoms. The van der Waals surface area contributed by atoms with Gasteiger partial charge in [-0.15, -0.1) is 0 Å². The number of carbonyl (C=O) groups is 1. The number of hydrogen-bond donors (Lipinski definition) is 2. The van der Waals surface area contributed by atoms with E-state index < -0.39 is 0 Å². The minimum Gasteiger partial charge on any atom is -0.383 e. The van der Waals surface area contributed by atoms with Crippen LogP contribution in [0, 0.1) is 0 Å². The molecule has 2 heterocycles. The highest BCUT2D eigenvalue weighted by molar-refractivity contribution is 5.81. The molecule has 2 N–H and O–H groups in total. The van der Waals surface area contributed by atoms with Gasteiger partial charge in [-0.25, -0.2) is 0 Å². The topological polar surface area (TPSA) is 53.6 Å². The lowest BCUT2D eigenvalue weighted by Gasteiger charge is -2.40. The second-order valence-corrected chi connectivity index (χ2v) is 6.05. The van der Waals surface area contributed by atoms with Crippen molar-refractivity contribution in [3.8, 4) is 0 Å². The van der Waals surface area contributed by atoms with E-state index >= 15 is 0 Å². The Bertz CT molecular complexity index is 312. The molecular weight excluding hydrogens is 254 g/mol. The average Bonchev–Trinajstić information content (AvgIpc) is 2.78. The molecule has 0 radical (unpaired) electrons. The fourth-order valence-electron chi connectivity index (χ4n) is 3.72. The minimum atomic E-state index is -0.0562. The van der Waals surface area contributed by atoms with E-state index in [0.29, 0.717) is 31.3 Å². The summed E-state index contributed by atoms with van der Waals surface area (Å²) in [6, 6.07) is 1.81. The SMILES string of the molecule is CCN(C1CC2CCC(C1)N2)C(C)C(=O)NCCOC. The molecule has 3 atom stereocenters. The van der Waals surface area contributed by atoms with Crippen LogP contribution in [0.3, 0.4) is 0 Å². The number of nitrogens with one attached hydrogen (secondary N) is 2. The number of piperidine rings is 1. The van der Waals surface area contributed by atoms with Crippen LogP contribution in [0.5, 0.6) is 0 Å². The van der Waals surface area contributed by atoms with Gasteiger partial charge in [0.05, 0.1) is 12.6 Å². The summed E-state index contributed by atoms with van der Waals surface area (Å²) in [5, 5.41) is 6.62. The summed E-state index contributed by atoms with van der Waals surface area (Å²) >= 11 is 0. The standard InChI is InChI=1S/C15H29N3O2/c1-4-18(11(2)15(19)16-7-8-20-3)14-9-12-5-6-13(10-14)17-12/h11-14,17H,4-10H2,1-3H3,(H,16,19). The monoisotopic (exact) mass is 283 g/mol. The van der Waals surface area contributed by atoms with Crippen LogP contribution in [0.25, 0.3) is 0 Å². The second-order valence-electron chi connectivity index (χ2n) is 6.05. The molecule has 2 rings (SSSR count). The number of nitrogens with zero attached hydrogens (tertiary/aromatic N) is 1. The van der Waals surface area contributed by atoms with Crippen LogP contribution in [0.1, 0.15) is 39.5 Å². The van der Waals surface area contributed by atoms with Gasteiger partial charge in [0.15, 0.2) is 0 Å². The van der Waals surface area contributed by atoms with Gasteiger partial charge in [-0.3, -0.25) is 9.69 Å². The van der Waals surface area contributed by atoms with Crippen LogP contribution in [0.15, 0.2) is 0 Å². The molecule has 0 aromatic heterocycles. The third-order valence-corrected chi connectivity index (χ3v) is 4.76. The molecule has 5 heteroatoms. The van der Waals surface area contributed by atoms with Gasteiger partial charge in [0.25, 0.3) is 0 Å². The largest absolute Gasteiger partial charge is 0.383 e. The first-order valence-electron chi connectivity index (χ1n) is 7.94. The first kappa shape index (κ1) is 15.7. The first-order valence-corrected chi connectivity index (χ1v) is 7.94. The van der Waals surface area contributed by atoms with E-state index in [-0.39, 0.29) is 11.9 Å². The number of rotatable bonds is 7. The van der Waals surface area contributed by atoms with Gasteiger partial charge in [-0.2, -0.15) is 0 Å². The number of ether oxygens (including phenoxy) is 1. The predicted molar refractivity (Wildman–Crippen MR) is 79.7 cm³/mol. The molecule has 0 saturated carbocycles. The predicted octanol–water partition coefficient (Wildman–Crippen LogP) is 0.742. The van der Waals surface area contributed by atoms with Crippen molar-refractivity contribution in [3.63, 3.8) is 0 Å². The summed E-state index contributed by atoms with van der Waals surface area (Å²) in [7, 11) is 1.65. The molecule has 0 aliphatic carbocycles. The number of carbonyl (C=O) groups excluding carboxylic acids is 1. The Morgan fingerprint density at radius 2 is 2.05 bits per heavy atom. The first-order chi connectivity index (χ1) is 9.65. The van der Waals surface area contributed by atoms with E-state index in [1.807, 2.05) is 6.92 Å². The lowest BCUT2D eigenvalue weighted by molar-refractivity contribution is -0.127. The van der Waals surface area contributed by atoms with Crippen LogP contribution in [0.4, 0.5) is 0 Å². The number of hydrogen-bond acceptors (Lipinski definition) is 4. The van der Waals surface area contributed by atoms with Crippen molar-refractivity contribution >= 4 is 5.91 Å². The zero-order chi connectivity index (χ0) is 14.5. The lowest BCUT2D eigenvalue weighted by atomic mass is 9.96. The Hall–Kier alpha value is -0.650. The van der Waals surface area contributed by atoms with Crippen molar-refractivity contribution < 1.29 is 9.53 Å². The van der Waals surface area contributed by atoms with Crippen LogP contribution < -0.4 is 10.6 Å². The third-order valence-electron chi connectivity index (χ3n) is 4.76. The van der Waals surface area contributed by atoms with E-state index in [4.69, 9.17) is 4.74 Å². The summed E-state index contributed by atoms with van der Waals surface area (Å²) in [5.74, 6) is 0.120. The summed E-state index contributed by atoms with van der Waals surface area (Å²) < 4.78 is 4.97. The summed E-state index contributed by atoms with van der Waals surface area (Å²) in [5.41, 5.74) is 0. The molecule has 0 aromatic rings. The number of likely N-dealkylation sites (N-methyl/N-ethyl adjacent to an activating group) is 1. The molecule has 2 saturated heterocycles. The van der Waals surface area contributed by atoms with Gasteiger partial charge < -0.3 is 15.4 Å². The Morgan fingerprint density at radius 3 is 2.60 bits per heavy atom. The zero-order valence-electron chi connectivity index (χ0n) is 13.0. The van der Waals surface area contributed by atoms with Gasteiger partial charge >= 0.3 is 0 Å². The molecule has 3 unspecified atom stereocenters. The summed E-state index contributed by atoms with van der Waals surface area (Å²) in [6.07, 6.45) is 4.96. The zero-order valence-corrected chi connectivity index (χ0v) is 13.0. The maximum Gasteiger partial charge on any atom is 0.237 e. The highest BCUT2D eigenvalue weighted by Gasteiger charge is 2.37. The summed E-state index contributed by atoms with van der Waals surface area (Å²) in [6.45, 7) is 6.28. The van der Waals surface area contributed by atoms with E-state index in [1.54, 1.807) is 7.11 Å². The van der Waals surface area contributed by atoms with Gasteiger partial charge in [0.1, 0.15) is 0 Å². The van der Waals surface area contributed by atoms with Crippen molar-refractivity contribution in [3.05, 3.63) is 0 Å². The maximum atomic E-state index is 12.2. The van der Waals surface area contributed by atoms with Crippen LogP contribution in [-0.4, -0.2) is 61.8 Å². The normalized spacial score (nSPS) is 30.5. The maximum absolute atomic E-state index is 12.2. The quantitative estimate of drug-likeness (QED) is 0.677. The van der Waals surface area contributed by atoms with Crippen molar-refractivity contribution in [1.29, 1.82) is 0 Å². The van der Waals surface area contributed by atoms with Gasteiger partial charge in [-0.1, -0.05) is 6.92 Å². The Balaban J connectivity index is 1.88. The molecule has 1 amide bonds. The molecule has 2 aliphatic heterocycles. The highest BCUT2D eigenvalue weighted by Crippen LogP contribution is 2.30. The van der Waals surface area contributed by atoms with E-state index in [1.165, 1.54) is 25.7 Å². The van der Waals surface area contributed by atoms with E-state index in [9.17, 15) is 4.79 Å². The Kier molecular flexibility index (Phi) is 5.81. The number of fused-ring (bicyclic) bond motifs is 2. The number of methoxy groups -OCH3 is 1. The van der Waals surface area contributed by atoms with Gasteiger partial charge in [0, 0.05) is 31.8 Å². The van der Waals surface area contributed by atoms with Gasteiger partial charge in [0.2, 0.25) is 5.91 Å². The smallest absolute Gasteiger partial charge is 0.237 e. The minimum absolute atomic E-state index is 0.0562. The Labute approximate surface area is 122 Å². The molecule has 2 aliphatic rings. The van der Waals surface area contributed by atoms with Crippen LogP contribution in [0.2, 0.25) is 0 Å². The van der Waals surface area contributed by atoms with E-state index in [2.05, 4.69) is 22.5 Å². The van der Waals surface area contributed by atoms with Gasteiger partial charge in [-0.05, 0) is 39.2 Å². The molecule has 5 nitrogen and oxygen atoms in total. The van der Waals surface area contributed by atoms with Crippen molar-refractivity contribution in [1.82, 2.24) is 15.5 Å². The Morgan fingerprint density at radius 1 is 1.40 bits per heavy atom. The second kappa shape index (κ2) is 7.38. The fraction of sp³-hybridized carbons (Fsp3) is 0.933. The van der Waals surface area contributed by atoms with Crippen molar-refractivity contribution in [2.75, 3.05) is 26.8 Å². The summed E-state index contributed by atoms with van der Waals surface area (Å²) in [4.78, 5) is 14.6.